The van der Waals surface area contributed by atoms with Gasteiger partial charge in [0.05, 0.1) is 12.7 Å². The third-order valence-electron chi connectivity index (χ3n) is 4.90. The van der Waals surface area contributed by atoms with Gasteiger partial charge >= 0.3 is 0 Å². The maximum Gasteiger partial charge on any atom is 0.258 e. The molecule has 0 saturated heterocycles. The summed E-state index contributed by atoms with van der Waals surface area (Å²) in [6, 6.07) is 7.00. The average Bonchev–Trinajstić information content (AvgIpc) is 3.03. The Morgan fingerprint density at radius 1 is 1.17 bits per heavy atom. The van der Waals surface area contributed by atoms with E-state index in [0.717, 1.165) is 29.7 Å². The number of carboxylic acids is 1. The van der Waals surface area contributed by atoms with E-state index in [-0.39, 0.29) is 18.7 Å². The first kappa shape index (κ1) is 20.9. The number of aliphatic carboxylic acids is 1. The van der Waals surface area contributed by atoms with Gasteiger partial charge in [-0.1, -0.05) is 6.92 Å². The maximum absolute atomic E-state index is 13.1. The molecule has 7 nitrogen and oxygen atoms in total. The molecule has 0 saturated carbocycles. The number of amides is 2. The van der Waals surface area contributed by atoms with Crippen LogP contribution in [-0.4, -0.2) is 24.9 Å². The van der Waals surface area contributed by atoms with E-state index >= 15 is 0 Å². The fourth-order valence-electron chi connectivity index (χ4n) is 3.35. The van der Waals surface area contributed by atoms with Gasteiger partial charge in [-0.05, 0) is 61.4 Å². The van der Waals surface area contributed by atoms with E-state index in [4.69, 9.17) is 4.74 Å². The van der Waals surface area contributed by atoms with Gasteiger partial charge in [0.1, 0.15) is 10.8 Å². The second-order valence-corrected chi connectivity index (χ2v) is 8.26. The van der Waals surface area contributed by atoms with Crippen LogP contribution in [0.5, 0.6) is 5.75 Å². The highest BCUT2D eigenvalue weighted by Gasteiger charge is 2.28. The lowest BCUT2D eigenvalue weighted by atomic mass is 9.88. The molecular formula is C21H23N2O5S-. The second-order valence-electron chi connectivity index (χ2n) is 7.16. The van der Waals surface area contributed by atoms with Crippen molar-refractivity contribution >= 4 is 39.8 Å². The van der Waals surface area contributed by atoms with E-state index in [9.17, 15) is 19.5 Å². The fourth-order valence-corrected chi connectivity index (χ4v) is 4.78. The molecule has 154 valence electrons. The first-order valence-electron chi connectivity index (χ1n) is 9.47. The van der Waals surface area contributed by atoms with Gasteiger partial charge in [-0.15, -0.1) is 11.3 Å². The molecule has 2 amide bonds. The zero-order valence-electron chi connectivity index (χ0n) is 16.4. The zero-order valence-corrected chi connectivity index (χ0v) is 17.2. The summed E-state index contributed by atoms with van der Waals surface area (Å²) in [5, 5.41) is 16.7. The Hall–Kier alpha value is -2.87. The minimum atomic E-state index is -1.28. The first-order chi connectivity index (χ1) is 13.9. The van der Waals surface area contributed by atoms with Gasteiger partial charge in [-0.25, -0.2) is 0 Å². The van der Waals surface area contributed by atoms with Gasteiger partial charge in [0.25, 0.3) is 5.91 Å². The number of benzene rings is 1. The van der Waals surface area contributed by atoms with Crippen LogP contribution in [0.1, 0.15) is 47.0 Å². The highest BCUT2D eigenvalue weighted by Crippen LogP contribution is 2.40. The van der Waals surface area contributed by atoms with Gasteiger partial charge in [-0.2, -0.15) is 0 Å². The predicted molar refractivity (Wildman–Crippen MR) is 109 cm³/mol. The number of carbonyl (C=O) groups excluding carboxylic acids is 3. The third kappa shape index (κ3) is 5.14. The largest absolute Gasteiger partial charge is 0.550 e. The number of methoxy groups -OCH3 is 1. The zero-order chi connectivity index (χ0) is 21.0. The van der Waals surface area contributed by atoms with Crippen molar-refractivity contribution in [3.63, 3.8) is 0 Å². The lowest BCUT2D eigenvalue weighted by molar-refractivity contribution is -0.305. The van der Waals surface area contributed by atoms with Crippen molar-refractivity contribution in [1.82, 2.24) is 0 Å². The molecule has 1 aliphatic rings. The Balaban J connectivity index is 1.85. The SMILES string of the molecule is COc1ccc(NC(=O)c2c(NC(=O)CCC(=O)[O-])sc3c2CC[C@@H](C)C3)cc1. The molecule has 0 unspecified atom stereocenters. The average molecular weight is 415 g/mol. The molecule has 0 bridgehead atoms. The number of hydrogen-bond acceptors (Lipinski definition) is 6. The van der Waals surface area contributed by atoms with E-state index in [1.54, 1.807) is 31.4 Å². The van der Waals surface area contributed by atoms with Crippen molar-refractivity contribution in [2.45, 2.75) is 39.0 Å². The Kier molecular flexibility index (Phi) is 6.53. The van der Waals surface area contributed by atoms with E-state index in [1.165, 1.54) is 11.3 Å². The molecule has 1 atom stereocenters. The molecule has 3 rings (SSSR count). The van der Waals surface area contributed by atoms with Crippen LogP contribution in [-0.2, 0) is 22.4 Å². The van der Waals surface area contributed by atoms with Crippen LogP contribution in [0.4, 0.5) is 10.7 Å². The monoisotopic (exact) mass is 415 g/mol. The molecular weight excluding hydrogens is 392 g/mol. The molecule has 2 aromatic rings. The summed E-state index contributed by atoms with van der Waals surface area (Å²) < 4.78 is 5.13. The topological polar surface area (TPSA) is 108 Å². The molecule has 1 aromatic carbocycles. The van der Waals surface area contributed by atoms with Crippen LogP contribution in [0.25, 0.3) is 0 Å². The lowest BCUT2D eigenvalue weighted by Gasteiger charge is -2.18. The summed E-state index contributed by atoms with van der Waals surface area (Å²) in [6.07, 6.45) is 2.05. The van der Waals surface area contributed by atoms with E-state index in [1.807, 2.05) is 0 Å². The van der Waals surface area contributed by atoms with Crippen molar-refractivity contribution in [2.24, 2.45) is 5.92 Å². The van der Waals surface area contributed by atoms with Crippen molar-refractivity contribution in [1.29, 1.82) is 0 Å². The van der Waals surface area contributed by atoms with Gasteiger partial charge in [0.2, 0.25) is 5.91 Å². The molecule has 0 fully saturated rings. The van der Waals surface area contributed by atoms with Gasteiger partial charge < -0.3 is 25.3 Å². The number of rotatable bonds is 7. The molecule has 2 N–H and O–H groups in total. The summed E-state index contributed by atoms with van der Waals surface area (Å²) >= 11 is 1.40. The molecule has 1 aliphatic carbocycles. The fraction of sp³-hybridized carbons (Fsp3) is 0.381. The van der Waals surface area contributed by atoms with Crippen LogP contribution in [0.2, 0.25) is 0 Å². The Morgan fingerprint density at radius 3 is 2.55 bits per heavy atom. The number of ether oxygens (including phenoxy) is 1. The first-order valence-corrected chi connectivity index (χ1v) is 10.3. The minimum Gasteiger partial charge on any atom is -0.550 e. The normalized spacial score (nSPS) is 15.3. The molecule has 0 radical (unpaired) electrons. The van der Waals surface area contributed by atoms with Crippen LogP contribution in [0.3, 0.4) is 0 Å². The van der Waals surface area contributed by atoms with Crippen molar-refractivity contribution in [3.8, 4) is 5.75 Å². The maximum atomic E-state index is 13.1. The number of thiophene rings is 1. The highest BCUT2D eigenvalue weighted by atomic mass is 32.1. The van der Waals surface area contributed by atoms with E-state index < -0.39 is 11.9 Å². The second kappa shape index (κ2) is 9.09. The summed E-state index contributed by atoms with van der Waals surface area (Å²) in [5.74, 6) is -0.820. The number of fused-ring (bicyclic) bond motifs is 1. The van der Waals surface area contributed by atoms with Crippen LogP contribution in [0, 0.1) is 5.92 Å². The third-order valence-corrected chi connectivity index (χ3v) is 6.07. The van der Waals surface area contributed by atoms with Crippen molar-refractivity contribution in [3.05, 3.63) is 40.3 Å². The van der Waals surface area contributed by atoms with E-state index in [2.05, 4.69) is 17.6 Å². The highest BCUT2D eigenvalue weighted by molar-refractivity contribution is 7.17. The van der Waals surface area contributed by atoms with E-state index in [0.29, 0.717) is 27.9 Å². The molecule has 0 spiro atoms. The van der Waals surface area contributed by atoms with Crippen LogP contribution < -0.4 is 20.5 Å². The van der Waals surface area contributed by atoms with Crippen molar-refractivity contribution < 1.29 is 24.2 Å². The lowest BCUT2D eigenvalue weighted by Crippen LogP contribution is -2.24. The molecule has 0 aliphatic heterocycles. The summed E-state index contributed by atoms with van der Waals surface area (Å²) in [7, 11) is 1.57. The number of anilines is 2. The predicted octanol–water partition coefficient (Wildman–Crippen LogP) is 2.60. The number of carbonyl (C=O) groups is 3. The van der Waals surface area contributed by atoms with Crippen LogP contribution >= 0.6 is 11.3 Å². The minimum absolute atomic E-state index is 0.194. The quantitative estimate of drug-likeness (QED) is 0.723. The molecule has 29 heavy (non-hydrogen) atoms. The Bertz CT molecular complexity index is 920. The van der Waals surface area contributed by atoms with Crippen molar-refractivity contribution in [2.75, 3.05) is 17.7 Å². The van der Waals surface area contributed by atoms with Crippen LogP contribution in [0.15, 0.2) is 24.3 Å². The van der Waals surface area contributed by atoms with Gasteiger partial charge in [0.15, 0.2) is 0 Å². The van der Waals surface area contributed by atoms with Gasteiger partial charge in [-0.3, -0.25) is 9.59 Å². The standard InChI is InChI=1S/C21H24N2O5S/c1-12-3-8-15-16(11-12)29-21(23-17(24)9-10-18(25)26)19(15)20(27)22-13-4-6-14(28-2)7-5-13/h4-7,12H,3,8-11H2,1-2H3,(H,22,27)(H,23,24)(H,25,26)/p-1/t12-/m1/s1. The Morgan fingerprint density at radius 2 is 1.90 bits per heavy atom. The number of hydrogen-bond donors (Lipinski definition) is 2. The number of nitrogens with one attached hydrogen (secondary N) is 2. The number of carboxylic acid groups (broad SMARTS) is 1. The molecule has 1 aromatic heterocycles. The molecule has 1 heterocycles. The molecule has 8 heteroatoms. The Labute approximate surface area is 173 Å². The summed E-state index contributed by atoms with van der Waals surface area (Å²) in [5.41, 5.74) is 2.05. The summed E-state index contributed by atoms with van der Waals surface area (Å²) in [6.45, 7) is 2.16. The smallest absolute Gasteiger partial charge is 0.258 e. The van der Waals surface area contributed by atoms with Gasteiger partial charge in [0, 0.05) is 23.0 Å². The summed E-state index contributed by atoms with van der Waals surface area (Å²) in [4.78, 5) is 36.9.